The van der Waals surface area contributed by atoms with Crippen molar-refractivity contribution in [1.82, 2.24) is 9.80 Å². The number of amides is 1. The third-order valence-electron chi connectivity index (χ3n) is 3.28. The highest BCUT2D eigenvalue weighted by atomic mass is 35.5. The minimum Gasteiger partial charge on any atom is -0.273 e. The SMILES string of the molecule is Cc1ccc2snc(CC(=O)N/N=C/c3cccc(Cl)c3)c2c1. The van der Waals surface area contributed by atoms with E-state index in [4.69, 9.17) is 11.6 Å². The van der Waals surface area contributed by atoms with Gasteiger partial charge < -0.3 is 0 Å². The average molecular weight is 344 g/mol. The number of rotatable bonds is 4. The van der Waals surface area contributed by atoms with Gasteiger partial charge in [-0.1, -0.05) is 35.4 Å². The highest BCUT2D eigenvalue weighted by molar-refractivity contribution is 7.13. The summed E-state index contributed by atoms with van der Waals surface area (Å²) in [5.41, 5.74) is 5.28. The topological polar surface area (TPSA) is 54.4 Å². The van der Waals surface area contributed by atoms with E-state index in [0.717, 1.165) is 26.9 Å². The Balaban J connectivity index is 1.66. The first-order chi connectivity index (χ1) is 11.1. The molecule has 3 aromatic rings. The van der Waals surface area contributed by atoms with Crippen LogP contribution in [0.15, 0.2) is 47.6 Å². The van der Waals surface area contributed by atoms with Crippen LogP contribution >= 0.6 is 23.1 Å². The minimum absolute atomic E-state index is 0.197. The van der Waals surface area contributed by atoms with Gasteiger partial charge in [-0.2, -0.15) is 9.47 Å². The predicted molar refractivity (Wildman–Crippen MR) is 95.2 cm³/mol. The molecule has 0 unspecified atom stereocenters. The van der Waals surface area contributed by atoms with Gasteiger partial charge in [-0.05, 0) is 48.3 Å². The minimum atomic E-state index is -0.197. The molecular formula is C17H14ClN3OS. The molecule has 0 fully saturated rings. The fourth-order valence-electron chi connectivity index (χ4n) is 2.19. The quantitative estimate of drug-likeness (QED) is 0.576. The van der Waals surface area contributed by atoms with Crippen molar-refractivity contribution < 1.29 is 4.79 Å². The fraction of sp³-hybridized carbons (Fsp3) is 0.118. The molecule has 0 spiro atoms. The van der Waals surface area contributed by atoms with Crippen LogP contribution in [0.3, 0.4) is 0 Å². The van der Waals surface area contributed by atoms with E-state index >= 15 is 0 Å². The fourth-order valence-corrected chi connectivity index (χ4v) is 3.16. The Hall–Kier alpha value is -2.24. The highest BCUT2D eigenvalue weighted by Crippen LogP contribution is 2.24. The lowest BCUT2D eigenvalue weighted by atomic mass is 10.1. The summed E-state index contributed by atoms with van der Waals surface area (Å²) in [6.07, 6.45) is 1.77. The van der Waals surface area contributed by atoms with Crippen molar-refractivity contribution >= 4 is 45.3 Å². The predicted octanol–water partition coefficient (Wildman–Crippen LogP) is 3.95. The van der Waals surface area contributed by atoms with Crippen molar-refractivity contribution in [2.75, 3.05) is 0 Å². The maximum Gasteiger partial charge on any atom is 0.246 e. The molecule has 0 radical (unpaired) electrons. The molecule has 116 valence electrons. The third-order valence-corrected chi connectivity index (χ3v) is 4.38. The summed E-state index contributed by atoms with van der Waals surface area (Å²) in [6.45, 7) is 2.02. The molecule has 0 bridgehead atoms. The molecule has 4 nitrogen and oxygen atoms in total. The second kappa shape index (κ2) is 6.89. The number of hydrazone groups is 1. The van der Waals surface area contributed by atoms with Crippen molar-refractivity contribution in [3.63, 3.8) is 0 Å². The summed E-state index contributed by atoms with van der Waals surface area (Å²) >= 11 is 7.30. The molecular weight excluding hydrogens is 330 g/mol. The number of fused-ring (bicyclic) bond motifs is 1. The Bertz CT molecular complexity index is 888. The number of hydrogen-bond donors (Lipinski definition) is 1. The highest BCUT2D eigenvalue weighted by Gasteiger charge is 2.10. The molecule has 1 amide bonds. The number of hydrogen-bond acceptors (Lipinski definition) is 4. The summed E-state index contributed by atoms with van der Waals surface area (Å²) in [5, 5.41) is 5.61. The smallest absolute Gasteiger partial charge is 0.246 e. The number of nitrogens with zero attached hydrogens (tertiary/aromatic N) is 2. The molecule has 6 heteroatoms. The Morgan fingerprint density at radius 2 is 2.22 bits per heavy atom. The molecule has 0 atom stereocenters. The van der Waals surface area contributed by atoms with E-state index in [1.54, 1.807) is 18.3 Å². The van der Waals surface area contributed by atoms with Crippen molar-refractivity contribution in [3.05, 3.63) is 64.3 Å². The van der Waals surface area contributed by atoms with Crippen LogP contribution in [0, 0.1) is 6.92 Å². The lowest BCUT2D eigenvalue weighted by Crippen LogP contribution is -2.20. The standard InChI is InChI=1S/C17H14ClN3OS/c1-11-5-6-16-14(7-11)15(21-23-16)9-17(22)20-19-10-12-3-2-4-13(18)8-12/h2-8,10H,9H2,1H3,(H,20,22)/b19-10+. The number of aryl methyl sites for hydroxylation is 1. The second-order valence-corrected chi connectivity index (χ2v) is 6.40. The van der Waals surface area contributed by atoms with E-state index in [1.165, 1.54) is 11.5 Å². The first kappa shape index (κ1) is 15.6. The van der Waals surface area contributed by atoms with E-state index in [2.05, 4.69) is 21.0 Å². The molecule has 0 aliphatic heterocycles. The third kappa shape index (κ3) is 3.94. The van der Waals surface area contributed by atoms with Gasteiger partial charge in [-0.15, -0.1) is 0 Å². The maximum absolute atomic E-state index is 12.0. The first-order valence-electron chi connectivity index (χ1n) is 7.04. The van der Waals surface area contributed by atoms with Crippen molar-refractivity contribution in [2.24, 2.45) is 5.10 Å². The summed E-state index contributed by atoms with van der Waals surface area (Å²) in [7, 11) is 0. The van der Waals surface area contributed by atoms with Gasteiger partial charge in [-0.3, -0.25) is 4.79 Å². The van der Waals surface area contributed by atoms with E-state index in [0.29, 0.717) is 5.02 Å². The zero-order valence-electron chi connectivity index (χ0n) is 12.4. The van der Waals surface area contributed by atoms with Crippen molar-refractivity contribution in [3.8, 4) is 0 Å². The Kier molecular flexibility index (Phi) is 4.69. The molecule has 1 heterocycles. The van der Waals surface area contributed by atoms with Gasteiger partial charge in [0.05, 0.1) is 23.0 Å². The van der Waals surface area contributed by atoms with Crippen LogP contribution in [0.5, 0.6) is 0 Å². The monoisotopic (exact) mass is 343 g/mol. The number of carbonyl (C=O) groups is 1. The van der Waals surface area contributed by atoms with Crippen LogP contribution in [0.1, 0.15) is 16.8 Å². The Labute approximate surface area is 143 Å². The van der Waals surface area contributed by atoms with Crippen LogP contribution in [-0.4, -0.2) is 16.5 Å². The Morgan fingerprint density at radius 3 is 3.04 bits per heavy atom. The number of halogens is 1. The zero-order chi connectivity index (χ0) is 16.2. The van der Waals surface area contributed by atoms with Crippen LogP contribution < -0.4 is 5.43 Å². The van der Waals surface area contributed by atoms with Gasteiger partial charge in [0.25, 0.3) is 0 Å². The van der Waals surface area contributed by atoms with Crippen LogP contribution in [0.25, 0.3) is 10.1 Å². The van der Waals surface area contributed by atoms with E-state index in [9.17, 15) is 4.79 Å². The zero-order valence-corrected chi connectivity index (χ0v) is 14.0. The summed E-state index contributed by atoms with van der Waals surface area (Å²) in [6, 6.07) is 13.4. The maximum atomic E-state index is 12.0. The average Bonchev–Trinajstić information content (AvgIpc) is 2.90. The van der Waals surface area contributed by atoms with Crippen molar-refractivity contribution in [2.45, 2.75) is 13.3 Å². The van der Waals surface area contributed by atoms with Gasteiger partial charge in [-0.25, -0.2) is 5.43 Å². The molecule has 1 aromatic heterocycles. The number of benzene rings is 2. The molecule has 0 saturated carbocycles. The lowest BCUT2D eigenvalue weighted by Gasteiger charge is -1.99. The van der Waals surface area contributed by atoms with Crippen LogP contribution in [-0.2, 0) is 11.2 Å². The van der Waals surface area contributed by atoms with E-state index in [-0.39, 0.29) is 12.3 Å². The Morgan fingerprint density at radius 1 is 1.35 bits per heavy atom. The molecule has 0 saturated heterocycles. The number of aromatic nitrogens is 1. The largest absolute Gasteiger partial charge is 0.273 e. The molecule has 0 aliphatic carbocycles. The normalized spacial score (nSPS) is 11.2. The van der Waals surface area contributed by atoms with Crippen molar-refractivity contribution in [1.29, 1.82) is 0 Å². The van der Waals surface area contributed by atoms with Crippen LogP contribution in [0.2, 0.25) is 5.02 Å². The molecule has 1 N–H and O–H groups in total. The van der Waals surface area contributed by atoms with Gasteiger partial charge in [0.1, 0.15) is 0 Å². The van der Waals surface area contributed by atoms with Crippen LogP contribution in [0.4, 0.5) is 0 Å². The van der Waals surface area contributed by atoms with Gasteiger partial charge >= 0.3 is 0 Å². The van der Waals surface area contributed by atoms with Gasteiger partial charge in [0.2, 0.25) is 5.91 Å². The summed E-state index contributed by atoms with van der Waals surface area (Å²) < 4.78 is 5.45. The summed E-state index contributed by atoms with van der Waals surface area (Å²) in [4.78, 5) is 12.0. The second-order valence-electron chi connectivity index (χ2n) is 5.15. The molecule has 0 aliphatic rings. The lowest BCUT2D eigenvalue weighted by molar-refractivity contribution is -0.120. The van der Waals surface area contributed by atoms with E-state index < -0.39 is 0 Å². The number of nitrogens with one attached hydrogen (secondary N) is 1. The molecule has 2 aromatic carbocycles. The van der Waals surface area contributed by atoms with E-state index in [1.807, 2.05) is 31.2 Å². The molecule has 3 rings (SSSR count). The summed E-state index contributed by atoms with van der Waals surface area (Å²) in [5.74, 6) is -0.197. The van der Waals surface area contributed by atoms with Gasteiger partial charge in [0.15, 0.2) is 0 Å². The first-order valence-corrected chi connectivity index (χ1v) is 8.19. The molecule has 23 heavy (non-hydrogen) atoms. The number of carbonyl (C=O) groups excluding carboxylic acids is 1. The van der Waals surface area contributed by atoms with Gasteiger partial charge in [0, 0.05) is 10.4 Å².